The quantitative estimate of drug-likeness (QED) is 0.804. The Bertz CT molecular complexity index is 561. The van der Waals surface area contributed by atoms with Crippen LogP contribution in [0.4, 0.5) is 0 Å². The molecule has 2 unspecified atom stereocenters. The fourth-order valence-corrected chi connectivity index (χ4v) is 4.47. The van der Waals surface area contributed by atoms with Crippen LogP contribution in [0.2, 0.25) is 0 Å². The van der Waals surface area contributed by atoms with Crippen LogP contribution in [0.15, 0.2) is 22.8 Å². The molecular weight excluding hydrogens is 344 g/mol. The van der Waals surface area contributed by atoms with Gasteiger partial charge in [0.1, 0.15) is 5.69 Å². The molecule has 98 valence electrons. The Morgan fingerprint density at radius 1 is 1.44 bits per heavy atom. The number of aromatic nitrogens is 1. The Balaban J connectivity index is 2.06. The first-order chi connectivity index (χ1) is 8.37. The van der Waals surface area contributed by atoms with Crippen LogP contribution in [0.3, 0.4) is 0 Å². The van der Waals surface area contributed by atoms with Crippen LogP contribution in [-0.4, -0.2) is 42.2 Å². The summed E-state index contributed by atoms with van der Waals surface area (Å²) in [5.41, 5.74) is 0.228. The van der Waals surface area contributed by atoms with Crippen LogP contribution < -0.4 is 5.32 Å². The molecule has 5 nitrogen and oxygen atoms in total. The van der Waals surface area contributed by atoms with Gasteiger partial charge in [0.05, 0.1) is 22.9 Å². The molecule has 1 aliphatic rings. The normalized spacial score (nSPS) is 25.9. The van der Waals surface area contributed by atoms with Gasteiger partial charge < -0.3 is 5.32 Å². The third-order valence-electron chi connectivity index (χ3n) is 2.56. The molecule has 2 heterocycles. The summed E-state index contributed by atoms with van der Waals surface area (Å²) in [4.78, 5) is 15.8. The summed E-state index contributed by atoms with van der Waals surface area (Å²) >= 11 is 9.11. The van der Waals surface area contributed by atoms with Crippen molar-refractivity contribution < 1.29 is 13.2 Å². The topological polar surface area (TPSA) is 76.1 Å². The highest BCUT2D eigenvalue weighted by Gasteiger charge is 2.37. The third kappa shape index (κ3) is 3.21. The van der Waals surface area contributed by atoms with Crippen LogP contribution in [0.5, 0.6) is 0 Å². The Kier molecular flexibility index (Phi) is 3.93. The molecule has 8 heteroatoms. The maximum Gasteiger partial charge on any atom is 0.270 e. The van der Waals surface area contributed by atoms with Crippen LogP contribution in [-0.2, 0) is 9.84 Å². The fourth-order valence-electron chi connectivity index (χ4n) is 1.69. The second-order valence-corrected chi connectivity index (χ2v) is 7.66. The molecule has 0 bridgehead atoms. The predicted molar refractivity (Wildman–Crippen MR) is 71.5 cm³/mol. The first-order valence-electron chi connectivity index (χ1n) is 5.14. The van der Waals surface area contributed by atoms with Gasteiger partial charge in [-0.2, -0.15) is 0 Å². The highest BCUT2D eigenvalue weighted by molar-refractivity contribution is 9.10. The second-order valence-electron chi connectivity index (χ2n) is 4.03. The molecule has 0 saturated carbocycles. The van der Waals surface area contributed by atoms with Crippen LogP contribution >= 0.6 is 27.5 Å². The molecule has 0 radical (unpaired) electrons. The Hall–Kier alpha value is -0.660. The monoisotopic (exact) mass is 352 g/mol. The maximum absolute atomic E-state index is 11.8. The van der Waals surface area contributed by atoms with Crippen LogP contribution in [0.1, 0.15) is 10.5 Å². The Morgan fingerprint density at radius 3 is 2.67 bits per heavy atom. The first kappa shape index (κ1) is 13.8. The van der Waals surface area contributed by atoms with Crippen LogP contribution in [0.25, 0.3) is 0 Å². The summed E-state index contributed by atoms with van der Waals surface area (Å²) in [6.45, 7) is 0. The highest BCUT2D eigenvalue weighted by Crippen LogP contribution is 2.18. The number of sulfone groups is 1. The standard InChI is InChI=1S/C10H10BrClN2O3S/c11-6-1-2-8(13-3-6)10(15)14-9-5-18(16,17)4-7(9)12/h1-3,7,9H,4-5H2,(H,14,15). The molecule has 1 saturated heterocycles. The molecule has 1 aromatic rings. The van der Waals surface area contributed by atoms with E-state index < -0.39 is 27.2 Å². The van der Waals surface area contributed by atoms with E-state index in [4.69, 9.17) is 11.6 Å². The van der Waals surface area contributed by atoms with Crippen molar-refractivity contribution in [2.45, 2.75) is 11.4 Å². The van der Waals surface area contributed by atoms with Crippen molar-refractivity contribution >= 4 is 43.3 Å². The van der Waals surface area contributed by atoms with Crippen molar-refractivity contribution in [3.8, 4) is 0 Å². The molecule has 18 heavy (non-hydrogen) atoms. The van der Waals surface area contributed by atoms with Gasteiger partial charge in [0.25, 0.3) is 5.91 Å². The number of hydrogen-bond donors (Lipinski definition) is 1. The van der Waals surface area contributed by atoms with Gasteiger partial charge in [0, 0.05) is 10.7 Å². The average molecular weight is 354 g/mol. The van der Waals surface area contributed by atoms with E-state index in [-0.39, 0.29) is 17.2 Å². The van der Waals surface area contributed by atoms with Crippen molar-refractivity contribution in [3.63, 3.8) is 0 Å². The number of carbonyl (C=O) groups is 1. The van der Waals surface area contributed by atoms with Crippen molar-refractivity contribution in [2.75, 3.05) is 11.5 Å². The SMILES string of the molecule is O=C(NC1CS(=O)(=O)CC1Cl)c1ccc(Br)cn1. The lowest BCUT2D eigenvalue weighted by Crippen LogP contribution is -2.40. The van der Waals surface area contributed by atoms with Crippen molar-refractivity contribution in [2.24, 2.45) is 0 Å². The summed E-state index contributed by atoms with van der Waals surface area (Å²) in [6, 6.07) is 2.67. The molecule has 1 N–H and O–H groups in total. The molecule has 0 aromatic carbocycles. The van der Waals surface area contributed by atoms with E-state index in [0.29, 0.717) is 0 Å². The fraction of sp³-hybridized carbons (Fsp3) is 0.400. The third-order valence-corrected chi connectivity index (χ3v) is 5.40. The van der Waals surface area contributed by atoms with E-state index in [1.54, 1.807) is 12.1 Å². The van der Waals surface area contributed by atoms with Crippen molar-refractivity contribution in [3.05, 3.63) is 28.5 Å². The van der Waals surface area contributed by atoms with Gasteiger partial charge in [0.15, 0.2) is 9.84 Å². The number of halogens is 2. The zero-order valence-corrected chi connectivity index (χ0v) is 12.3. The van der Waals surface area contributed by atoms with Gasteiger partial charge in [-0.1, -0.05) is 0 Å². The molecule has 2 atom stereocenters. The molecule has 1 aromatic heterocycles. The number of nitrogens with one attached hydrogen (secondary N) is 1. The van der Waals surface area contributed by atoms with Gasteiger partial charge in [0.2, 0.25) is 0 Å². The maximum atomic E-state index is 11.8. The number of rotatable bonds is 2. The molecule has 1 aliphatic heterocycles. The molecule has 1 amide bonds. The van der Waals surface area contributed by atoms with E-state index in [1.807, 2.05) is 0 Å². The Morgan fingerprint density at radius 2 is 2.17 bits per heavy atom. The number of amides is 1. The van der Waals surface area contributed by atoms with E-state index in [0.717, 1.165) is 4.47 Å². The summed E-state index contributed by atoms with van der Waals surface area (Å²) in [7, 11) is -3.15. The van der Waals surface area contributed by atoms with Crippen LogP contribution in [0, 0.1) is 0 Å². The van der Waals surface area contributed by atoms with Crippen molar-refractivity contribution in [1.82, 2.24) is 10.3 Å². The lowest BCUT2D eigenvalue weighted by Gasteiger charge is -2.13. The molecule has 0 spiro atoms. The number of hydrogen-bond acceptors (Lipinski definition) is 4. The minimum absolute atomic E-state index is 0.104. The molecular formula is C10H10BrClN2O3S. The summed E-state index contributed by atoms with van der Waals surface area (Å²) in [5.74, 6) is -0.647. The highest BCUT2D eigenvalue weighted by atomic mass is 79.9. The minimum Gasteiger partial charge on any atom is -0.345 e. The zero-order valence-electron chi connectivity index (χ0n) is 9.14. The van der Waals surface area contributed by atoms with Gasteiger partial charge in [-0.15, -0.1) is 11.6 Å². The summed E-state index contributed by atoms with van der Waals surface area (Å²) in [6.07, 6.45) is 1.50. The van der Waals surface area contributed by atoms with E-state index in [9.17, 15) is 13.2 Å². The number of carbonyl (C=O) groups excluding carboxylic acids is 1. The predicted octanol–water partition coefficient (Wildman–Crippen LogP) is 0.978. The molecule has 1 fully saturated rings. The Labute approximate surface area is 118 Å². The number of pyridine rings is 1. The van der Waals surface area contributed by atoms with Gasteiger partial charge >= 0.3 is 0 Å². The number of nitrogens with zero attached hydrogens (tertiary/aromatic N) is 1. The summed E-state index contributed by atoms with van der Waals surface area (Å²) < 4.78 is 23.5. The lowest BCUT2D eigenvalue weighted by molar-refractivity contribution is 0.0936. The lowest BCUT2D eigenvalue weighted by atomic mass is 10.2. The van der Waals surface area contributed by atoms with Gasteiger partial charge in [-0.05, 0) is 28.1 Å². The van der Waals surface area contributed by atoms with Gasteiger partial charge in [-0.25, -0.2) is 13.4 Å². The number of alkyl halides is 1. The largest absolute Gasteiger partial charge is 0.345 e. The van der Waals surface area contributed by atoms with E-state index >= 15 is 0 Å². The van der Waals surface area contributed by atoms with Crippen molar-refractivity contribution in [1.29, 1.82) is 0 Å². The first-order valence-corrected chi connectivity index (χ1v) is 8.19. The molecule has 0 aliphatic carbocycles. The zero-order chi connectivity index (χ0) is 13.3. The molecule has 2 rings (SSSR count). The second kappa shape index (κ2) is 5.14. The van der Waals surface area contributed by atoms with E-state index in [2.05, 4.69) is 26.2 Å². The summed E-state index contributed by atoms with van der Waals surface area (Å²) in [5, 5.41) is 2.00. The average Bonchev–Trinajstić information content (AvgIpc) is 2.52. The van der Waals surface area contributed by atoms with Gasteiger partial charge in [-0.3, -0.25) is 4.79 Å². The van der Waals surface area contributed by atoms with E-state index in [1.165, 1.54) is 6.20 Å². The minimum atomic E-state index is -3.15. The smallest absolute Gasteiger partial charge is 0.270 e.